The quantitative estimate of drug-likeness (QED) is 0.383. The Morgan fingerprint density at radius 1 is 1.19 bits per heavy atom. The number of benzene rings is 2. The summed E-state index contributed by atoms with van der Waals surface area (Å²) in [5, 5.41) is 8.76. The van der Waals surface area contributed by atoms with E-state index in [-0.39, 0.29) is 11.7 Å². The molecule has 1 N–H and O–H groups in total. The van der Waals surface area contributed by atoms with Crippen LogP contribution in [0.5, 0.6) is 5.75 Å². The first-order valence-electron chi connectivity index (χ1n) is 9.77. The number of rotatable bonds is 7. The molecule has 4 aromatic rings. The summed E-state index contributed by atoms with van der Waals surface area (Å²) in [6, 6.07) is 15.5. The van der Waals surface area contributed by atoms with Gasteiger partial charge < -0.3 is 10.1 Å². The lowest BCUT2D eigenvalue weighted by atomic mass is 10.1. The third-order valence-electron chi connectivity index (χ3n) is 4.79. The summed E-state index contributed by atoms with van der Waals surface area (Å²) in [6.45, 7) is 2.13. The zero-order valence-corrected chi connectivity index (χ0v) is 18.7. The zero-order chi connectivity index (χ0) is 21.8. The molecule has 0 unspecified atom stereocenters. The largest absolute Gasteiger partial charge is 0.495 e. The van der Waals surface area contributed by atoms with Crippen LogP contribution in [0.1, 0.15) is 12.5 Å². The van der Waals surface area contributed by atoms with Crippen LogP contribution >= 0.6 is 23.4 Å². The molecule has 0 fully saturated rings. The molecule has 0 aliphatic heterocycles. The molecule has 2 aromatic carbocycles. The third-order valence-corrected chi connectivity index (χ3v) is 6.02. The Hall–Kier alpha value is -3.03. The maximum Gasteiger partial charge on any atom is 0.234 e. The number of hydrogen-bond acceptors (Lipinski definition) is 5. The first-order valence-corrected chi connectivity index (χ1v) is 11.1. The number of carbonyl (C=O) groups excluding carboxylic acids is 1. The Balaban J connectivity index is 1.50. The average molecular weight is 453 g/mol. The normalized spacial score (nSPS) is 10.9. The molecule has 0 saturated carbocycles. The first-order chi connectivity index (χ1) is 15.1. The molecule has 31 heavy (non-hydrogen) atoms. The Morgan fingerprint density at radius 2 is 2.00 bits per heavy atom. The van der Waals surface area contributed by atoms with Crippen LogP contribution in [-0.4, -0.2) is 33.4 Å². The van der Waals surface area contributed by atoms with Gasteiger partial charge in [-0.1, -0.05) is 54.6 Å². The summed E-state index contributed by atoms with van der Waals surface area (Å²) < 4.78 is 7.06. The summed E-state index contributed by atoms with van der Waals surface area (Å²) in [6.07, 6.45) is 4.49. The van der Waals surface area contributed by atoms with E-state index in [1.165, 1.54) is 17.3 Å². The van der Waals surface area contributed by atoms with E-state index in [4.69, 9.17) is 16.3 Å². The second-order valence-electron chi connectivity index (χ2n) is 6.82. The number of methoxy groups -OCH3 is 1. The standard InChI is InChI=1S/C23H21ClN4O2S/c1-3-15-4-6-16(7-5-15)18-13-20-23(25-10-11-28(20)27-18)31-14-22(29)26-19-12-17(24)8-9-21(19)30-2/h4-13H,3,14H2,1-2H3,(H,26,29). The number of nitrogens with one attached hydrogen (secondary N) is 1. The third kappa shape index (κ3) is 4.84. The highest BCUT2D eigenvalue weighted by Gasteiger charge is 2.13. The van der Waals surface area contributed by atoms with Crippen molar-refractivity contribution in [1.82, 2.24) is 14.6 Å². The average Bonchev–Trinajstić information content (AvgIpc) is 3.23. The Kier molecular flexibility index (Phi) is 6.44. The van der Waals surface area contributed by atoms with E-state index in [9.17, 15) is 4.79 Å². The molecule has 0 saturated heterocycles. The van der Waals surface area contributed by atoms with Crippen molar-refractivity contribution in [1.29, 1.82) is 0 Å². The lowest BCUT2D eigenvalue weighted by Gasteiger charge is -2.10. The maximum atomic E-state index is 12.5. The molecular formula is C23H21ClN4O2S. The van der Waals surface area contributed by atoms with Crippen molar-refractivity contribution in [2.75, 3.05) is 18.2 Å². The molecule has 6 nitrogen and oxygen atoms in total. The van der Waals surface area contributed by atoms with Gasteiger partial charge in [-0.3, -0.25) is 4.79 Å². The number of fused-ring (bicyclic) bond motifs is 1. The molecular weight excluding hydrogens is 432 g/mol. The lowest BCUT2D eigenvalue weighted by Crippen LogP contribution is -2.15. The van der Waals surface area contributed by atoms with E-state index in [0.717, 1.165) is 28.2 Å². The van der Waals surface area contributed by atoms with Gasteiger partial charge in [0.25, 0.3) is 0 Å². The van der Waals surface area contributed by atoms with Crippen LogP contribution in [0, 0.1) is 0 Å². The first kappa shape index (κ1) is 21.2. The predicted molar refractivity (Wildman–Crippen MR) is 125 cm³/mol. The molecule has 1 amide bonds. The highest BCUT2D eigenvalue weighted by Crippen LogP contribution is 2.29. The number of nitrogens with zero attached hydrogens (tertiary/aromatic N) is 3. The number of carbonyl (C=O) groups is 1. The minimum atomic E-state index is -0.177. The van der Waals surface area contributed by atoms with Gasteiger partial charge in [0.1, 0.15) is 10.8 Å². The molecule has 0 aliphatic rings. The van der Waals surface area contributed by atoms with Gasteiger partial charge in [0, 0.05) is 23.0 Å². The van der Waals surface area contributed by atoms with Gasteiger partial charge in [-0.15, -0.1) is 0 Å². The summed E-state index contributed by atoms with van der Waals surface area (Å²) in [5.74, 6) is 0.565. The second-order valence-corrected chi connectivity index (χ2v) is 8.22. The van der Waals surface area contributed by atoms with Crippen molar-refractivity contribution < 1.29 is 9.53 Å². The van der Waals surface area contributed by atoms with Gasteiger partial charge in [-0.25, -0.2) is 9.50 Å². The lowest BCUT2D eigenvalue weighted by molar-refractivity contribution is -0.113. The predicted octanol–water partition coefficient (Wildman–Crippen LogP) is 5.35. The number of aryl methyl sites for hydroxylation is 1. The van der Waals surface area contributed by atoms with Crippen LogP contribution in [0.2, 0.25) is 5.02 Å². The van der Waals surface area contributed by atoms with Crippen LogP contribution < -0.4 is 10.1 Å². The van der Waals surface area contributed by atoms with E-state index in [1.807, 2.05) is 6.07 Å². The fourth-order valence-electron chi connectivity index (χ4n) is 3.16. The van der Waals surface area contributed by atoms with Crippen molar-refractivity contribution >= 4 is 40.5 Å². The Morgan fingerprint density at radius 3 is 2.74 bits per heavy atom. The van der Waals surface area contributed by atoms with Crippen LogP contribution in [0.15, 0.2) is 66.0 Å². The van der Waals surface area contributed by atoms with Crippen molar-refractivity contribution in [3.8, 4) is 17.0 Å². The number of halogens is 1. The molecule has 0 atom stereocenters. The monoisotopic (exact) mass is 452 g/mol. The molecule has 0 aliphatic carbocycles. The van der Waals surface area contributed by atoms with Crippen LogP contribution in [0.3, 0.4) is 0 Å². The van der Waals surface area contributed by atoms with Gasteiger partial charge in [0.15, 0.2) is 0 Å². The smallest absolute Gasteiger partial charge is 0.234 e. The fourth-order valence-corrected chi connectivity index (χ4v) is 4.11. The van der Waals surface area contributed by atoms with E-state index < -0.39 is 0 Å². The highest BCUT2D eigenvalue weighted by atomic mass is 35.5. The Bertz CT molecular complexity index is 1220. The molecule has 4 rings (SSSR count). The van der Waals surface area contributed by atoms with Crippen molar-refractivity contribution in [2.24, 2.45) is 0 Å². The van der Waals surface area contributed by atoms with Gasteiger partial charge >= 0.3 is 0 Å². The minimum absolute atomic E-state index is 0.177. The van der Waals surface area contributed by atoms with Gasteiger partial charge in [-0.2, -0.15) is 5.10 Å². The van der Waals surface area contributed by atoms with Crippen LogP contribution in [-0.2, 0) is 11.2 Å². The summed E-state index contributed by atoms with van der Waals surface area (Å²) >= 11 is 7.39. The summed E-state index contributed by atoms with van der Waals surface area (Å²) in [7, 11) is 1.55. The number of ether oxygens (including phenoxy) is 1. The molecule has 2 heterocycles. The van der Waals surface area contributed by atoms with Crippen LogP contribution in [0.25, 0.3) is 16.8 Å². The summed E-state index contributed by atoms with van der Waals surface area (Å²) in [4.78, 5) is 17.0. The van der Waals surface area contributed by atoms with Crippen molar-refractivity contribution in [3.63, 3.8) is 0 Å². The fraction of sp³-hybridized carbons (Fsp3) is 0.174. The number of hydrogen-bond donors (Lipinski definition) is 1. The molecule has 0 radical (unpaired) electrons. The molecule has 0 bridgehead atoms. The van der Waals surface area contributed by atoms with E-state index in [1.54, 1.807) is 42.2 Å². The van der Waals surface area contributed by atoms with Crippen molar-refractivity contribution in [2.45, 2.75) is 18.4 Å². The topological polar surface area (TPSA) is 68.5 Å². The molecule has 158 valence electrons. The highest BCUT2D eigenvalue weighted by molar-refractivity contribution is 8.00. The second kappa shape index (κ2) is 9.41. The SMILES string of the molecule is CCc1ccc(-c2cc3c(SCC(=O)Nc4cc(Cl)ccc4OC)nccn3n2)cc1. The number of thioether (sulfide) groups is 1. The number of amides is 1. The van der Waals surface area contributed by atoms with E-state index in [0.29, 0.717) is 16.5 Å². The number of aromatic nitrogens is 3. The molecule has 0 spiro atoms. The number of anilines is 1. The van der Waals surface area contributed by atoms with Crippen LogP contribution in [0.4, 0.5) is 5.69 Å². The van der Waals surface area contributed by atoms with Gasteiger partial charge in [0.2, 0.25) is 5.91 Å². The van der Waals surface area contributed by atoms with Gasteiger partial charge in [-0.05, 0) is 36.2 Å². The maximum absolute atomic E-state index is 12.5. The Labute approximate surface area is 189 Å². The minimum Gasteiger partial charge on any atom is -0.495 e. The zero-order valence-electron chi connectivity index (χ0n) is 17.1. The molecule has 8 heteroatoms. The van der Waals surface area contributed by atoms with E-state index >= 15 is 0 Å². The van der Waals surface area contributed by atoms with Gasteiger partial charge in [0.05, 0.1) is 29.8 Å². The summed E-state index contributed by atoms with van der Waals surface area (Å²) in [5.41, 5.74) is 4.59. The van der Waals surface area contributed by atoms with Crippen molar-refractivity contribution in [3.05, 3.63) is 71.5 Å². The van der Waals surface area contributed by atoms with E-state index in [2.05, 4.69) is 46.6 Å². The molecule has 2 aromatic heterocycles.